The molecular formula is C12H20O3. The second-order valence-corrected chi connectivity index (χ2v) is 5.97. The Labute approximate surface area is 91.1 Å². The Kier molecular flexibility index (Phi) is 2.25. The normalized spacial score (nSPS) is 32.1. The molecule has 3 heteroatoms. The maximum atomic E-state index is 11.7. The zero-order chi connectivity index (χ0) is 11.3. The fourth-order valence-corrected chi connectivity index (χ4v) is 3.39. The van der Waals surface area contributed by atoms with Crippen molar-refractivity contribution in [2.75, 3.05) is 13.2 Å². The van der Waals surface area contributed by atoms with Crippen LogP contribution in [0.15, 0.2) is 0 Å². The molecule has 1 saturated heterocycles. The predicted octanol–water partition coefficient (Wildman–Crippen LogP) is 2.14. The van der Waals surface area contributed by atoms with Gasteiger partial charge in [0, 0.05) is 23.7 Å². The summed E-state index contributed by atoms with van der Waals surface area (Å²) in [7, 11) is 0. The summed E-state index contributed by atoms with van der Waals surface area (Å²) in [6.45, 7) is 9.55. The largest absolute Gasteiger partial charge is 0.346 e. The third-order valence-corrected chi connectivity index (χ3v) is 3.75. The van der Waals surface area contributed by atoms with E-state index in [-0.39, 0.29) is 10.8 Å². The lowest BCUT2D eigenvalue weighted by Crippen LogP contribution is -2.60. The molecule has 15 heavy (non-hydrogen) atoms. The molecule has 1 heterocycles. The minimum absolute atomic E-state index is 0.234. The van der Waals surface area contributed by atoms with E-state index >= 15 is 0 Å². The lowest BCUT2D eigenvalue weighted by atomic mass is 9.59. The van der Waals surface area contributed by atoms with Crippen molar-refractivity contribution in [2.45, 2.75) is 46.3 Å². The van der Waals surface area contributed by atoms with Crippen molar-refractivity contribution in [3.63, 3.8) is 0 Å². The van der Waals surface area contributed by atoms with Crippen LogP contribution >= 0.6 is 0 Å². The van der Waals surface area contributed by atoms with Crippen LogP contribution in [0.4, 0.5) is 0 Å². The molecule has 0 aromatic carbocycles. The Morgan fingerprint density at radius 2 is 1.33 bits per heavy atom. The first kappa shape index (κ1) is 11.1. The number of Topliss-reactive ketones (excluding diaryl/α,β-unsaturated/α-hetero) is 1. The van der Waals surface area contributed by atoms with Gasteiger partial charge in [0.2, 0.25) is 0 Å². The van der Waals surface area contributed by atoms with Crippen LogP contribution in [0.5, 0.6) is 0 Å². The minimum atomic E-state index is -0.575. The molecule has 1 aliphatic heterocycles. The molecule has 0 aromatic heterocycles. The van der Waals surface area contributed by atoms with Crippen LogP contribution in [-0.4, -0.2) is 24.8 Å². The second kappa shape index (κ2) is 3.05. The average Bonchev–Trinajstić information content (AvgIpc) is 2.47. The topological polar surface area (TPSA) is 35.5 Å². The smallest absolute Gasteiger partial charge is 0.179 e. The Bertz CT molecular complexity index is 263. The number of carbonyl (C=O) groups excluding carboxylic acids is 1. The molecule has 0 unspecified atom stereocenters. The second-order valence-electron chi connectivity index (χ2n) is 5.97. The maximum absolute atomic E-state index is 11.7. The molecule has 1 spiro atoms. The van der Waals surface area contributed by atoms with Crippen molar-refractivity contribution in [3.05, 3.63) is 0 Å². The first-order valence-electron chi connectivity index (χ1n) is 5.60. The van der Waals surface area contributed by atoms with E-state index in [2.05, 4.69) is 27.7 Å². The number of hydrogen-bond acceptors (Lipinski definition) is 3. The molecule has 2 rings (SSSR count). The summed E-state index contributed by atoms with van der Waals surface area (Å²) in [4.78, 5) is 11.7. The van der Waals surface area contributed by atoms with Gasteiger partial charge in [0.05, 0.1) is 13.2 Å². The quantitative estimate of drug-likeness (QED) is 0.617. The molecule has 1 aliphatic carbocycles. The molecule has 0 aromatic rings. The van der Waals surface area contributed by atoms with Gasteiger partial charge in [-0.05, 0) is 0 Å². The number of carbonyl (C=O) groups is 1. The molecule has 0 radical (unpaired) electrons. The Balaban J connectivity index is 2.43. The van der Waals surface area contributed by atoms with Crippen molar-refractivity contribution in [1.82, 2.24) is 0 Å². The molecule has 0 amide bonds. The van der Waals surface area contributed by atoms with Crippen molar-refractivity contribution >= 4 is 5.78 Å². The highest BCUT2D eigenvalue weighted by Gasteiger charge is 2.63. The molecule has 2 aliphatic rings. The molecule has 0 N–H and O–H groups in total. The monoisotopic (exact) mass is 212 g/mol. The molecular weight excluding hydrogens is 192 g/mol. The van der Waals surface area contributed by atoms with Gasteiger partial charge < -0.3 is 9.47 Å². The van der Waals surface area contributed by atoms with Gasteiger partial charge in [-0.25, -0.2) is 0 Å². The molecule has 1 saturated carbocycles. The first-order valence-corrected chi connectivity index (χ1v) is 5.60. The summed E-state index contributed by atoms with van der Waals surface area (Å²) < 4.78 is 11.8. The lowest BCUT2D eigenvalue weighted by Gasteiger charge is -2.54. The fraction of sp³-hybridized carbons (Fsp3) is 0.917. The van der Waals surface area contributed by atoms with Crippen LogP contribution in [0.1, 0.15) is 40.5 Å². The molecule has 86 valence electrons. The van der Waals surface area contributed by atoms with Gasteiger partial charge in [0.1, 0.15) is 5.78 Å². The highest BCUT2D eigenvalue weighted by Crippen LogP contribution is 2.56. The van der Waals surface area contributed by atoms with Gasteiger partial charge in [-0.1, -0.05) is 27.7 Å². The number of rotatable bonds is 0. The Hall–Kier alpha value is -0.410. The van der Waals surface area contributed by atoms with E-state index in [0.717, 1.165) is 0 Å². The zero-order valence-electron chi connectivity index (χ0n) is 10.1. The van der Waals surface area contributed by atoms with E-state index < -0.39 is 5.79 Å². The zero-order valence-corrected chi connectivity index (χ0v) is 10.1. The van der Waals surface area contributed by atoms with E-state index in [1.54, 1.807) is 0 Å². The van der Waals surface area contributed by atoms with E-state index in [1.807, 2.05) is 0 Å². The lowest BCUT2D eigenvalue weighted by molar-refractivity contribution is -0.298. The van der Waals surface area contributed by atoms with Crippen LogP contribution in [-0.2, 0) is 14.3 Å². The Morgan fingerprint density at radius 1 is 0.933 bits per heavy atom. The molecule has 0 atom stereocenters. The standard InChI is InChI=1S/C12H20O3/c1-10(2)7-9(13)8-11(3,4)12(10)14-5-6-15-12/h5-8H2,1-4H3. The molecule has 2 fully saturated rings. The SMILES string of the molecule is CC1(C)CC(=O)CC(C)(C)C12OCCO2. The van der Waals surface area contributed by atoms with Gasteiger partial charge in [-0.15, -0.1) is 0 Å². The summed E-state index contributed by atoms with van der Waals surface area (Å²) >= 11 is 0. The number of hydrogen-bond donors (Lipinski definition) is 0. The third-order valence-electron chi connectivity index (χ3n) is 3.75. The van der Waals surface area contributed by atoms with Crippen LogP contribution in [0.25, 0.3) is 0 Å². The van der Waals surface area contributed by atoms with Crippen molar-refractivity contribution in [1.29, 1.82) is 0 Å². The molecule has 0 bridgehead atoms. The first-order chi connectivity index (χ1) is 6.81. The van der Waals surface area contributed by atoms with Gasteiger partial charge in [0.25, 0.3) is 0 Å². The van der Waals surface area contributed by atoms with Gasteiger partial charge >= 0.3 is 0 Å². The highest BCUT2D eigenvalue weighted by molar-refractivity contribution is 5.81. The van der Waals surface area contributed by atoms with Crippen molar-refractivity contribution in [3.8, 4) is 0 Å². The van der Waals surface area contributed by atoms with Crippen LogP contribution in [0.3, 0.4) is 0 Å². The summed E-state index contributed by atoms with van der Waals surface area (Å²) in [5.41, 5.74) is -0.468. The summed E-state index contributed by atoms with van der Waals surface area (Å²) in [5, 5.41) is 0. The summed E-state index contributed by atoms with van der Waals surface area (Å²) in [6.07, 6.45) is 1.10. The number of ketones is 1. The average molecular weight is 212 g/mol. The van der Waals surface area contributed by atoms with Gasteiger partial charge in [-0.3, -0.25) is 4.79 Å². The van der Waals surface area contributed by atoms with Gasteiger partial charge in [0.15, 0.2) is 5.79 Å². The predicted molar refractivity (Wildman–Crippen MR) is 56.4 cm³/mol. The third kappa shape index (κ3) is 1.36. The maximum Gasteiger partial charge on any atom is 0.179 e. The fourth-order valence-electron chi connectivity index (χ4n) is 3.39. The Morgan fingerprint density at radius 3 is 1.73 bits per heavy atom. The van der Waals surface area contributed by atoms with Crippen LogP contribution < -0.4 is 0 Å². The van der Waals surface area contributed by atoms with E-state index in [9.17, 15) is 4.79 Å². The van der Waals surface area contributed by atoms with Gasteiger partial charge in [-0.2, -0.15) is 0 Å². The molecule has 3 nitrogen and oxygen atoms in total. The van der Waals surface area contributed by atoms with Crippen molar-refractivity contribution in [2.24, 2.45) is 10.8 Å². The minimum Gasteiger partial charge on any atom is -0.346 e. The van der Waals surface area contributed by atoms with E-state index in [0.29, 0.717) is 31.8 Å². The highest BCUT2D eigenvalue weighted by atomic mass is 16.7. The van der Waals surface area contributed by atoms with E-state index in [4.69, 9.17) is 9.47 Å². The number of ether oxygens (including phenoxy) is 2. The van der Waals surface area contributed by atoms with E-state index in [1.165, 1.54) is 0 Å². The van der Waals surface area contributed by atoms with Crippen molar-refractivity contribution < 1.29 is 14.3 Å². The summed E-state index contributed by atoms with van der Waals surface area (Å²) in [6, 6.07) is 0. The van der Waals surface area contributed by atoms with Crippen LogP contribution in [0, 0.1) is 10.8 Å². The summed E-state index contributed by atoms with van der Waals surface area (Å²) in [5.74, 6) is -0.261. The van der Waals surface area contributed by atoms with Crippen LogP contribution in [0.2, 0.25) is 0 Å².